The fraction of sp³-hybridized carbons (Fsp3) is 0.190. The van der Waals surface area contributed by atoms with E-state index in [1.54, 1.807) is 31.2 Å². The molecule has 1 amide bonds. The third-order valence-electron chi connectivity index (χ3n) is 4.23. The average Bonchev–Trinajstić information content (AvgIpc) is 2.64. The van der Waals surface area contributed by atoms with Crippen molar-refractivity contribution in [1.82, 2.24) is 0 Å². The Kier molecular flexibility index (Phi) is 5.37. The topological polar surface area (TPSA) is 79.5 Å². The van der Waals surface area contributed by atoms with E-state index in [1.807, 2.05) is 24.3 Å². The van der Waals surface area contributed by atoms with Crippen LogP contribution in [0.4, 0.5) is 5.69 Å². The van der Waals surface area contributed by atoms with E-state index in [0.29, 0.717) is 35.8 Å². The number of hydrogen-bond donors (Lipinski definition) is 2. The van der Waals surface area contributed by atoms with Crippen LogP contribution in [0.3, 0.4) is 0 Å². The Morgan fingerprint density at radius 3 is 2.77 bits per heavy atom. The molecule has 0 saturated heterocycles. The van der Waals surface area contributed by atoms with Crippen molar-refractivity contribution in [3.63, 3.8) is 0 Å². The molecule has 2 N–H and O–H groups in total. The Morgan fingerprint density at radius 1 is 1.15 bits per heavy atom. The van der Waals surface area contributed by atoms with Gasteiger partial charge in [0.2, 0.25) is 5.91 Å². The van der Waals surface area contributed by atoms with Gasteiger partial charge in [0.1, 0.15) is 11.3 Å². The van der Waals surface area contributed by atoms with Crippen LogP contribution in [0.25, 0.3) is 11.0 Å². The van der Waals surface area contributed by atoms with Crippen molar-refractivity contribution in [1.29, 1.82) is 0 Å². The maximum atomic E-state index is 12.1. The fourth-order valence-corrected chi connectivity index (χ4v) is 2.88. The fourth-order valence-electron chi connectivity index (χ4n) is 2.88. The second kappa shape index (κ2) is 7.87. The van der Waals surface area contributed by atoms with E-state index in [4.69, 9.17) is 4.42 Å². The first kappa shape index (κ1) is 17.7. The number of amides is 1. The maximum Gasteiger partial charge on any atom is 0.343 e. The Morgan fingerprint density at radius 2 is 1.96 bits per heavy atom. The van der Waals surface area contributed by atoms with Crippen LogP contribution in [0.5, 0.6) is 5.75 Å². The number of carbonyl (C=O) groups excluding carboxylic acids is 1. The number of rotatable bonds is 6. The lowest BCUT2D eigenvalue weighted by Gasteiger charge is -2.08. The minimum atomic E-state index is -0.499. The highest BCUT2D eigenvalue weighted by Crippen LogP contribution is 2.27. The highest BCUT2D eigenvalue weighted by molar-refractivity contribution is 5.96. The summed E-state index contributed by atoms with van der Waals surface area (Å²) in [6.07, 6.45) is 3.27. The van der Waals surface area contributed by atoms with Gasteiger partial charge < -0.3 is 14.8 Å². The predicted molar refractivity (Wildman–Crippen MR) is 101 cm³/mol. The number of aryl methyl sites for hydroxylation is 1. The largest absolute Gasteiger partial charge is 0.507 e. The molecule has 1 aromatic heterocycles. The molecule has 2 aromatic carbocycles. The van der Waals surface area contributed by atoms with Gasteiger partial charge in [0.15, 0.2) is 0 Å². The van der Waals surface area contributed by atoms with Crippen molar-refractivity contribution in [2.24, 2.45) is 0 Å². The van der Waals surface area contributed by atoms with Crippen molar-refractivity contribution in [3.05, 3.63) is 76.5 Å². The van der Waals surface area contributed by atoms with Crippen LogP contribution in [0.1, 0.15) is 24.5 Å². The monoisotopic (exact) mass is 350 g/mol. The number of nitrogens with one attached hydrogen (secondary N) is 1. The molecule has 3 rings (SSSR count). The summed E-state index contributed by atoms with van der Waals surface area (Å²) < 4.78 is 5.29. The summed E-state index contributed by atoms with van der Waals surface area (Å²) in [6.45, 7) is 1.68. The SMILES string of the molecule is C[CH]C(=O)Nc1cccc(CCCc2c(O)c3ccccc3oc2=O)c1. The zero-order valence-electron chi connectivity index (χ0n) is 14.5. The third kappa shape index (κ3) is 3.94. The molecule has 0 aliphatic heterocycles. The molecule has 0 unspecified atom stereocenters. The molecule has 0 aliphatic rings. The van der Waals surface area contributed by atoms with Gasteiger partial charge in [-0.15, -0.1) is 0 Å². The van der Waals surface area contributed by atoms with E-state index >= 15 is 0 Å². The van der Waals surface area contributed by atoms with Gasteiger partial charge in [0.05, 0.1) is 10.9 Å². The number of benzene rings is 2. The van der Waals surface area contributed by atoms with Gasteiger partial charge in [-0.25, -0.2) is 4.79 Å². The molecule has 5 heteroatoms. The van der Waals surface area contributed by atoms with E-state index < -0.39 is 5.63 Å². The molecule has 0 atom stereocenters. The van der Waals surface area contributed by atoms with Gasteiger partial charge >= 0.3 is 5.63 Å². The quantitative estimate of drug-likeness (QED) is 0.662. The third-order valence-corrected chi connectivity index (χ3v) is 4.23. The molecule has 0 aliphatic carbocycles. The van der Waals surface area contributed by atoms with Gasteiger partial charge in [0.25, 0.3) is 0 Å². The van der Waals surface area contributed by atoms with Crippen molar-refractivity contribution < 1.29 is 14.3 Å². The van der Waals surface area contributed by atoms with Crippen molar-refractivity contribution in [2.45, 2.75) is 26.2 Å². The number of carbonyl (C=O) groups is 1. The highest BCUT2D eigenvalue weighted by Gasteiger charge is 2.13. The van der Waals surface area contributed by atoms with E-state index in [1.165, 1.54) is 6.42 Å². The molecule has 0 fully saturated rings. The van der Waals surface area contributed by atoms with Crippen molar-refractivity contribution in [3.8, 4) is 5.75 Å². The summed E-state index contributed by atoms with van der Waals surface area (Å²) in [5.74, 6) is -0.155. The minimum Gasteiger partial charge on any atom is -0.507 e. The molecule has 26 heavy (non-hydrogen) atoms. The van der Waals surface area contributed by atoms with Crippen LogP contribution < -0.4 is 10.9 Å². The molecule has 0 spiro atoms. The van der Waals surface area contributed by atoms with E-state index in [9.17, 15) is 14.7 Å². The summed E-state index contributed by atoms with van der Waals surface area (Å²) in [7, 11) is 0. The summed E-state index contributed by atoms with van der Waals surface area (Å²) in [5, 5.41) is 13.7. The van der Waals surface area contributed by atoms with Crippen molar-refractivity contribution in [2.75, 3.05) is 5.32 Å². The van der Waals surface area contributed by atoms with Crippen LogP contribution in [0, 0.1) is 6.42 Å². The van der Waals surface area contributed by atoms with Crippen LogP contribution in [-0.4, -0.2) is 11.0 Å². The molecule has 5 nitrogen and oxygen atoms in total. The Bertz CT molecular complexity index is 991. The number of aromatic hydroxyl groups is 1. The van der Waals surface area contributed by atoms with E-state index in [2.05, 4.69) is 5.32 Å². The lowest BCUT2D eigenvalue weighted by Crippen LogP contribution is -2.10. The van der Waals surface area contributed by atoms with Gasteiger partial charge in [-0.3, -0.25) is 4.79 Å². The predicted octanol–water partition coefficient (Wildman–Crippen LogP) is 3.84. The lowest BCUT2D eigenvalue weighted by atomic mass is 10.0. The molecule has 3 aromatic rings. The summed E-state index contributed by atoms with van der Waals surface area (Å²) in [6, 6.07) is 14.5. The first-order valence-electron chi connectivity index (χ1n) is 8.51. The van der Waals surface area contributed by atoms with Crippen LogP contribution in [-0.2, 0) is 17.6 Å². The van der Waals surface area contributed by atoms with Gasteiger partial charge in [-0.2, -0.15) is 0 Å². The lowest BCUT2D eigenvalue weighted by molar-refractivity contribution is -0.113. The van der Waals surface area contributed by atoms with Crippen molar-refractivity contribution >= 4 is 22.6 Å². The average molecular weight is 350 g/mol. The molecular weight excluding hydrogens is 330 g/mol. The summed E-state index contributed by atoms with van der Waals surface area (Å²) >= 11 is 0. The number of hydrogen-bond acceptors (Lipinski definition) is 4. The number of fused-ring (bicyclic) bond motifs is 1. The van der Waals surface area contributed by atoms with Gasteiger partial charge in [-0.1, -0.05) is 31.2 Å². The standard InChI is InChI=1S/C21H20NO4/c1-2-19(23)22-15-9-5-7-14(13-15)8-6-11-17-20(24)16-10-3-4-12-18(16)26-21(17)25/h2-5,7,9-10,12-13,24H,6,8,11H2,1H3,(H,22,23). The first-order valence-corrected chi connectivity index (χ1v) is 8.51. The second-order valence-electron chi connectivity index (χ2n) is 6.04. The smallest absolute Gasteiger partial charge is 0.343 e. The minimum absolute atomic E-state index is 0.00338. The zero-order chi connectivity index (χ0) is 18.5. The maximum absolute atomic E-state index is 12.1. The normalized spacial score (nSPS) is 10.8. The van der Waals surface area contributed by atoms with Crippen LogP contribution in [0.2, 0.25) is 0 Å². The molecule has 1 radical (unpaired) electrons. The Balaban J connectivity index is 1.71. The van der Waals surface area contributed by atoms with Crippen LogP contribution in [0.15, 0.2) is 57.7 Å². The molecule has 1 heterocycles. The highest BCUT2D eigenvalue weighted by atomic mass is 16.4. The molecule has 133 valence electrons. The Labute approximate surface area is 151 Å². The van der Waals surface area contributed by atoms with E-state index in [-0.39, 0.29) is 11.7 Å². The van der Waals surface area contributed by atoms with Crippen LogP contribution >= 0.6 is 0 Å². The Hall–Kier alpha value is -3.08. The number of anilines is 1. The van der Waals surface area contributed by atoms with E-state index in [0.717, 1.165) is 11.3 Å². The summed E-state index contributed by atoms with van der Waals surface area (Å²) in [5.41, 5.74) is 1.96. The summed E-state index contributed by atoms with van der Waals surface area (Å²) in [4.78, 5) is 23.6. The first-order chi connectivity index (χ1) is 12.6. The molecule has 0 saturated carbocycles. The van der Waals surface area contributed by atoms with Gasteiger partial charge in [-0.05, 0) is 49.1 Å². The molecular formula is C21H20NO4. The second-order valence-corrected chi connectivity index (χ2v) is 6.04. The molecule has 0 bridgehead atoms. The number of para-hydroxylation sites is 1. The van der Waals surface area contributed by atoms with Gasteiger partial charge in [0, 0.05) is 12.1 Å². The zero-order valence-corrected chi connectivity index (χ0v) is 14.5.